The van der Waals surface area contributed by atoms with Crippen LogP contribution in [-0.4, -0.2) is 36.2 Å². The van der Waals surface area contributed by atoms with E-state index >= 15 is 0 Å². The number of rotatable bonds is 6. The fraction of sp³-hybridized carbons (Fsp3) is 0.120. The average Bonchev–Trinajstić information content (AvgIpc) is 2.86. The Labute approximate surface area is 201 Å². The van der Waals surface area contributed by atoms with Gasteiger partial charge in [-0.2, -0.15) is 0 Å². The van der Waals surface area contributed by atoms with Gasteiger partial charge in [-0.3, -0.25) is 15.6 Å². The lowest BCUT2D eigenvalue weighted by Gasteiger charge is -2.13. The Balaban J connectivity index is 1.40. The molecule has 0 saturated carbocycles. The van der Waals surface area contributed by atoms with Gasteiger partial charge in [0.1, 0.15) is 17.3 Å². The van der Waals surface area contributed by atoms with Gasteiger partial charge in [-0.1, -0.05) is 6.07 Å². The Hall–Kier alpha value is -4.86. The predicted molar refractivity (Wildman–Crippen MR) is 132 cm³/mol. The van der Waals surface area contributed by atoms with Gasteiger partial charge >= 0.3 is 12.1 Å². The number of carbonyl (C=O) groups is 2. The molecule has 0 aliphatic rings. The third-order valence-corrected chi connectivity index (χ3v) is 5.02. The molecule has 0 radical (unpaired) electrons. The van der Waals surface area contributed by atoms with Crippen molar-refractivity contribution in [3.63, 3.8) is 0 Å². The van der Waals surface area contributed by atoms with Crippen molar-refractivity contribution in [1.29, 1.82) is 0 Å². The number of pyridine rings is 2. The number of nitrogens with one attached hydrogen (secondary N) is 3. The highest BCUT2D eigenvalue weighted by atomic mass is 16.5. The zero-order valence-electron chi connectivity index (χ0n) is 19.3. The molecule has 4 rings (SSSR count). The highest BCUT2D eigenvalue weighted by molar-refractivity contribution is 6.05. The summed E-state index contributed by atoms with van der Waals surface area (Å²) in [7, 11) is 3.12. The van der Waals surface area contributed by atoms with E-state index in [4.69, 9.17) is 14.2 Å². The van der Waals surface area contributed by atoms with Gasteiger partial charge in [-0.25, -0.2) is 14.6 Å². The first-order chi connectivity index (χ1) is 17.0. The van der Waals surface area contributed by atoms with Crippen molar-refractivity contribution in [2.24, 2.45) is 0 Å². The maximum absolute atomic E-state index is 12.2. The van der Waals surface area contributed by atoms with Crippen LogP contribution >= 0.6 is 0 Å². The number of carbonyl (C=O) groups excluding carboxylic acids is 2. The molecular formula is C25H23N5O5. The number of ether oxygens (including phenoxy) is 3. The molecule has 3 N–H and O–H groups in total. The summed E-state index contributed by atoms with van der Waals surface area (Å²) in [6.45, 7) is 1.80. The van der Waals surface area contributed by atoms with Crippen LogP contribution in [0.2, 0.25) is 0 Å². The van der Waals surface area contributed by atoms with Crippen LogP contribution in [0.15, 0.2) is 67.0 Å². The van der Waals surface area contributed by atoms with Crippen molar-refractivity contribution in [2.45, 2.75) is 6.92 Å². The van der Waals surface area contributed by atoms with Crippen LogP contribution in [0.25, 0.3) is 10.9 Å². The molecule has 10 nitrogen and oxygen atoms in total. The Morgan fingerprint density at radius 1 is 0.800 bits per heavy atom. The maximum Gasteiger partial charge on any atom is 0.328 e. The van der Waals surface area contributed by atoms with Gasteiger partial charge in [0.2, 0.25) is 0 Å². The van der Waals surface area contributed by atoms with E-state index in [0.29, 0.717) is 40.0 Å². The number of amides is 4. The monoisotopic (exact) mass is 473 g/mol. The van der Waals surface area contributed by atoms with E-state index < -0.39 is 12.1 Å². The highest BCUT2D eigenvalue weighted by Gasteiger charge is 2.12. The van der Waals surface area contributed by atoms with Crippen molar-refractivity contribution >= 4 is 34.5 Å². The summed E-state index contributed by atoms with van der Waals surface area (Å²) < 4.78 is 16.7. The van der Waals surface area contributed by atoms with Crippen LogP contribution in [0, 0.1) is 6.92 Å². The molecular weight excluding hydrogens is 450 g/mol. The standard InChI is InChI=1S/C25H23N5O5/c1-15-5-4-11-27-23(15)29-25(32)30-24(31)28-16-6-8-17(9-7-16)35-20-10-12-26-19-14-22(34-3)21(33-2)13-18(19)20/h4-14H,1-3H3,(H3,27,28,29,30,31,32). The second-order valence-corrected chi connectivity index (χ2v) is 7.36. The second-order valence-electron chi connectivity index (χ2n) is 7.36. The van der Waals surface area contributed by atoms with Gasteiger partial charge in [-0.05, 0) is 55.0 Å². The molecule has 35 heavy (non-hydrogen) atoms. The molecule has 2 heterocycles. The predicted octanol–water partition coefficient (Wildman–Crippen LogP) is 5.10. The first-order valence-corrected chi connectivity index (χ1v) is 10.6. The van der Waals surface area contributed by atoms with Gasteiger partial charge in [0, 0.05) is 29.5 Å². The number of hydrogen-bond donors (Lipinski definition) is 3. The molecule has 0 saturated heterocycles. The van der Waals surface area contributed by atoms with E-state index in [-0.39, 0.29) is 0 Å². The minimum Gasteiger partial charge on any atom is -0.493 e. The van der Waals surface area contributed by atoms with Crippen molar-refractivity contribution in [3.8, 4) is 23.0 Å². The van der Waals surface area contributed by atoms with Crippen molar-refractivity contribution < 1.29 is 23.8 Å². The number of benzene rings is 2. The lowest BCUT2D eigenvalue weighted by atomic mass is 10.2. The molecule has 0 unspecified atom stereocenters. The molecule has 0 atom stereocenters. The van der Waals surface area contributed by atoms with E-state index in [0.717, 1.165) is 10.9 Å². The minimum atomic E-state index is -0.694. The lowest BCUT2D eigenvalue weighted by Crippen LogP contribution is -2.37. The number of methoxy groups -OCH3 is 2. The summed E-state index contributed by atoms with van der Waals surface area (Å²) in [5.41, 5.74) is 1.94. The fourth-order valence-corrected chi connectivity index (χ4v) is 3.29. The van der Waals surface area contributed by atoms with Crippen LogP contribution in [0.4, 0.5) is 21.1 Å². The Kier molecular flexibility index (Phi) is 6.91. The maximum atomic E-state index is 12.2. The number of fused-ring (bicyclic) bond motifs is 1. The fourth-order valence-electron chi connectivity index (χ4n) is 3.29. The molecule has 4 amide bonds. The summed E-state index contributed by atoms with van der Waals surface area (Å²) in [5, 5.41) is 8.07. The summed E-state index contributed by atoms with van der Waals surface area (Å²) in [6, 6.07) is 14.2. The molecule has 10 heteroatoms. The molecule has 0 aliphatic carbocycles. The van der Waals surface area contributed by atoms with Crippen LogP contribution < -0.4 is 30.2 Å². The Morgan fingerprint density at radius 3 is 2.23 bits per heavy atom. The molecule has 0 aliphatic heterocycles. The largest absolute Gasteiger partial charge is 0.493 e. The van der Waals surface area contributed by atoms with E-state index in [9.17, 15) is 9.59 Å². The Bertz CT molecular complexity index is 1370. The number of aryl methyl sites for hydroxylation is 1. The molecule has 2 aromatic heterocycles. The van der Waals surface area contributed by atoms with E-state index in [2.05, 4.69) is 25.9 Å². The summed E-state index contributed by atoms with van der Waals surface area (Å²) in [5.74, 6) is 2.63. The van der Waals surface area contributed by atoms with Crippen LogP contribution in [0.1, 0.15) is 5.56 Å². The van der Waals surface area contributed by atoms with Crippen LogP contribution in [-0.2, 0) is 0 Å². The van der Waals surface area contributed by atoms with Gasteiger partial charge in [0.05, 0.1) is 19.7 Å². The number of urea groups is 2. The first kappa shape index (κ1) is 23.3. The van der Waals surface area contributed by atoms with Gasteiger partial charge in [-0.15, -0.1) is 0 Å². The average molecular weight is 473 g/mol. The van der Waals surface area contributed by atoms with Gasteiger partial charge in [0.25, 0.3) is 0 Å². The lowest BCUT2D eigenvalue weighted by molar-refractivity contribution is 0.240. The number of aromatic nitrogens is 2. The molecule has 0 fully saturated rings. The molecule has 178 valence electrons. The van der Waals surface area contributed by atoms with Crippen molar-refractivity contribution in [2.75, 3.05) is 24.9 Å². The quantitative estimate of drug-likeness (QED) is 0.356. The minimum absolute atomic E-state index is 0.374. The second kappa shape index (κ2) is 10.4. The van der Waals surface area contributed by atoms with Crippen LogP contribution in [0.3, 0.4) is 0 Å². The van der Waals surface area contributed by atoms with Gasteiger partial charge < -0.3 is 19.5 Å². The van der Waals surface area contributed by atoms with E-state index in [1.54, 1.807) is 88.1 Å². The zero-order valence-corrected chi connectivity index (χ0v) is 19.3. The van der Waals surface area contributed by atoms with Crippen molar-refractivity contribution in [1.82, 2.24) is 15.3 Å². The van der Waals surface area contributed by atoms with E-state index in [1.165, 1.54) is 0 Å². The molecule has 2 aromatic carbocycles. The third-order valence-electron chi connectivity index (χ3n) is 5.02. The normalized spacial score (nSPS) is 10.4. The summed E-state index contributed by atoms with van der Waals surface area (Å²) >= 11 is 0. The third kappa shape index (κ3) is 5.56. The molecule has 4 aromatic rings. The van der Waals surface area contributed by atoms with Gasteiger partial charge in [0.15, 0.2) is 11.5 Å². The number of hydrogen-bond acceptors (Lipinski definition) is 7. The number of anilines is 2. The van der Waals surface area contributed by atoms with Crippen LogP contribution in [0.5, 0.6) is 23.0 Å². The number of imide groups is 1. The molecule has 0 spiro atoms. The van der Waals surface area contributed by atoms with Crippen molar-refractivity contribution in [3.05, 3.63) is 72.6 Å². The summed E-state index contributed by atoms with van der Waals surface area (Å²) in [4.78, 5) is 32.6. The smallest absolute Gasteiger partial charge is 0.328 e. The first-order valence-electron chi connectivity index (χ1n) is 10.6. The highest BCUT2D eigenvalue weighted by Crippen LogP contribution is 2.36. The number of nitrogens with zero attached hydrogens (tertiary/aromatic N) is 2. The zero-order chi connectivity index (χ0) is 24.8. The topological polar surface area (TPSA) is 124 Å². The SMILES string of the molecule is COc1cc2nccc(Oc3ccc(NC(=O)NC(=O)Nc4ncccc4C)cc3)c2cc1OC. The summed E-state index contributed by atoms with van der Waals surface area (Å²) in [6.07, 6.45) is 3.19. The Morgan fingerprint density at radius 2 is 1.51 bits per heavy atom. The molecule has 0 bridgehead atoms. The van der Waals surface area contributed by atoms with E-state index in [1.807, 2.05) is 0 Å².